The highest BCUT2D eigenvalue weighted by Gasteiger charge is 2.49. The predicted molar refractivity (Wildman–Crippen MR) is 143 cm³/mol. The van der Waals surface area contributed by atoms with Crippen LogP contribution in [-0.2, 0) is 14.8 Å². The zero-order chi connectivity index (χ0) is 26.9. The van der Waals surface area contributed by atoms with Gasteiger partial charge in [0.15, 0.2) is 0 Å². The first-order valence-electron chi connectivity index (χ1n) is 12.9. The normalized spacial score (nSPS) is 17.5. The van der Waals surface area contributed by atoms with E-state index >= 15 is 0 Å². The summed E-state index contributed by atoms with van der Waals surface area (Å²) in [6.07, 6.45) is 0.558. The van der Waals surface area contributed by atoms with Crippen LogP contribution in [-0.4, -0.2) is 36.1 Å². The lowest BCUT2D eigenvalue weighted by molar-refractivity contribution is -0.133. The molecule has 0 spiro atoms. The number of urea groups is 1. The van der Waals surface area contributed by atoms with Crippen molar-refractivity contribution >= 4 is 22.0 Å². The van der Waals surface area contributed by atoms with Crippen LogP contribution in [0.25, 0.3) is 0 Å². The zero-order valence-corrected chi connectivity index (χ0v) is 23.6. The Balaban J connectivity index is 2.22. The number of rotatable bonds is 8. The Morgan fingerprint density at radius 3 is 1.89 bits per heavy atom. The zero-order valence-electron chi connectivity index (χ0n) is 22.8. The van der Waals surface area contributed by atoms with Crippen molar-refractivity contribution in [1.82, 2.24) is 9.21 Å². The van der Waals surface area contributed by atoms with Gasteiger partial charge in [-0.25, -0.2) is 17.5 Å². The molecule has 2 atom stereocenters. The average molecular weight is 513 g/mol. The molecule has 36 heavy (non-hydrogen) atoms. The van der Waals surface area contributed by atoms with E-state index in [-0.39, 0.29) is 35.1 Å². The van der Waals surface area contributed by atoms with E-state index in [2.05, 4.69) is 13.8 Å². The summed E-state index contributed by atoms with van der Waals surface area (Å²) in [5.74, 6) is -0.642. The van der Waals surface area contributed by atoms with Gasteiger partial charge in [-0.05, 0) is 46.4 Å². The van der Waals surface area contributed by atoms with E-state index in [0.29, 0.717) is 17.5 Å². The number of sulfonamides is 1. The molecule has 196 valence electrons. The second kappa shape index (κ2) is 10.8. The molecule has 0 aliphatic carbocycles. The van der Waals surface area contributed by atoms with Gasteiger partial charge in [0.05, 0.1) is 17.5 Å². The molecule has 0 radical (unpaired) electrons. The van der Waals surface area contributed by atoms with Gasteiger partial charge in [-0.15, -0.1) is 0 Å². The van der Waals surface area contributed by atoms with Gasteiger partial charge in [-0.1, -0.05) is 97.9 Å². The Bertz CT molecular complexity index is 1190. The van der Waals surface area contributed by atoms with E-state index < -0.39 is 28.0 Å². The SMILES string of the molecule is CC[C@@H](C)C(=O)N1C(=O)N(S(=O)(=O)c2c(C(C)C)cc(C(C)C)cc2C(C)C)C[C@H]1c1ccccc1. The fourth-order valence-electron chi connectivity index (χ4n) is 4.66. The summed E-state index contributed by atoms with van der Waals surface area (Å²) >= 11 is 0. The standard InChI is InChI=1S/C29H40N2O4S/c1-9-21(8)28(32)31-26(22-13-11-10-12-14-22)17-30(29(31)33)36(34,35)27-24(19(4)5)15-23(18(2)3)16-25(27)20(6)7/h10-16,18-21,26H,9,17H2,1-8H3/t21-,26+/m1/s1. The first-order chi connectivity index (χ1) is 16.8. The van der Waals surface area contributed by atoms with Gasteiger partial charge >= 0.3 is 6.03 Å². The molecule has 0 unspecified atom stereocenters. The smallest absolute Gasteiger partial charge is 0.274 e. The van der Waals surface area contributed by atoms with Crippen molar-refractivity contribution in [3.8, 4) is 0 Å². The topological polar surface area (TPSA) is 74.8 Å². The summed E-state index contributed by atoms with van der Waals surface area (Å²) in [6.45, 7) is 15.6. The summed E-state index contributed by atoms with van der Waals surface area (Å²) in [5, 5.41) is 0. The monoisotopic (exact) mass is 512 g/mol. The highest BCUT2D eigenvalue weighted by molar-refractivity contribution is 7.89. The maximum absolute atomic E-state index is 14.3. The number of hydrogen-bond acceptors (Lipinski definition) is 4. The van der Waals surface area contributed by atoms with E-state index in [9.17, 15) is 18.0 Å². The van der Waals surface area contributed by atoms with E-state index in [4.69, 9.17) is 0 Å². The Hall–Kier alpha value is -2.67. The number of imide groups is 1. The van der Waals surface area contributed by atoms with Crippen LogP contribution >= 0.6 is 0 Å². The molecule has 1 fully saturated rings. The first-order valence-corrected chi connectivity index (χ1v) is 14.4. The maximum atomic E-state index is 14.3. The average Bonchev–Trinajstić information content (AvgIpc) is 3.20. The molecule has 3 rings (SSSR count). The van der Waals surface area contributed by atoms with Crippen LogP contribution in [0.15, 0.2) is 47.4 Å². The number of hydrogen-bond donors (Lipinski definition) is 0. The van der Waals surface area contributed by atoms with Crippen LogP contribution in [0, 0.1) is 5.92 Å². The first kappa shape index (κ1) is 27.9. The van der Waals surface area contributed by atoms with Gasteiger partial charge in [-0.3, -0.25) is 9.69 Å². The largest absolute Gasteiger partial charge is 0.341 e. The number of carbonyl (C=O) groups is 2. The Morgan fingerprint density at radius 1 is 0.917 bits per heavy atom. The summed E-state index contributed by atoms with van der Waals surface area (Å²) in [7, 11) is -4.23. The lowest BCUT2D eigenvalue weighted by Gasteiger charge is -2.26. The van der Waals surface area contributed by atoms with Crippen molar-refractivity contribution in [3.05, 3.63) is 64.7 Å². The van der Waals surface area contributed by atoms with Crippen LogP contribution in [0.4, 0.5) is 4.79 Å². The van der Waals surface area contributed by atoms with Gasteiger partial charge in [0.1, 0.15) is 0 Å². The molecular weight excluding hydrogens is 472 g/mol. The summed E-state index contributed by atoms with van der Waals surface area (Å²) in [5.41, 5.74) is 3.23. The second-order valence-electron chi connectivity index (χ2n) is 10.8. The predicted octanol–water partition coefficient (Wildman–Crippen LogP) is 6.80. The minimum absolute atomic E-state index is 0.0635. The van der Waals surface area contributed by atoms with E-state index in [1.807, 2.05) is 77.1 Å². The molecule has 1 heterocycles. The molecule has 0 N–H and O–H groups in total. The molecule has 1 aliphatic rings. The van der Waals surface area contributed by atoms with E-state index in [1.165, 1.54) is 0 Å². The van der Waals surface area contributed by atoms with Crippen molar-refractivity contribution < 1.29 is 18.0 Å². The minimum Gasteiger partial charge on any atom is -0.274 e. The fourth-order valence-corrected chi connectivity index (χ4v) is 6.69. The van der Waals surface area contributed by atoms with Crippen molar-refractivity contribution in [2.45, 2.75) is 90.5 Å². The lowest BCUT2D eigenvalue weighted by atomic mass is 9.89. The Labute approximate surface area is 216 Å². The van der Waals surface area contributed by atoms with Crippen LogP contribution in [0.5, 0.6) is 0 Å². The van der Waals surface area contributed by atoms with Gasteiger partial charge in [0, 0.05) is 5.92 Å². The molecule has 1 aliphatic heterocycles. The second-order valence-corrected chi connectivity index (χ2v) is 12.6. The van der Waals surface area contributed by atoms with Crippen molar-refractivity contribution in [2.24, 2.45) is 5.92 Å². The Kier molecular flexibility index (Phi) is 8.33. The third kappa shape index (κ3) is 5.08. The third-order valence-corrected chi connectivity index (χ3v) is 9.03. The van der Waals surface area contributed by atoms with Crippen LogP contribution < -0.4 is 0 Å². The summed E-state index contributed by atoms with van der Waals surface area (Å²) in [4.78, 5) is 28.5. The van der Waals surface area contributed by atoms with E-state index in [1.54, 1.807) is 6.92 Å². The lowest BCUT2D eigenvalue weighted by Crippen LogP contribution is -2.42. The highest BCUT2D eigenvalue weighted by atomic mass is 32.2. The number of amides is 3. The fraction of sp³-hybridized carbons (Fsp3) is 0.517. The molecule has 7 heteroatoms. The van der Waals surface area contributed by atoms with Gasteiger partial charge in [0.25, 0.3) is 10.0 Å². The Morgan fingerprint density at radius 2 is 1.44 bits per heavy atom. The van der Waals surface area contributed by atoms with Crippen molar-refractivity contribution in [3.63, 3.8) is 0 Å². The van der Waals surface area contributed by atoms with Crippen LogP contribution in [0.3, 0.4) is 0 Å². The quantitative estimate of drug-likeness (QED) is 0.390. The summed E-state index contributed by atoms with van der Waals surface area (Å²) in [6, 6.07) is 11.7. The van der Waals surface area contributed by atoms with Crippen LogP contribution in [0.2, 0.25) is 0 Å². The highest BCUT2D eigenvalue weighted by Crippen LogP contribution is 2.40. The molecule has 2 aromatic carbocycles. The van der Waals surface area contributed by atoms with Crippen molar-refractivity contribution in [2.75, 3.05) is 6.54 Å². The molecule has 0 aromatic heterocycles. The minimum atomic E-state index is -4.23. The molecule has 0 bridgehead atoms. The number of benzene rings is 2. The molecule has 3 amide bonds. The van der Waals surface area contributed by atoms with Gasteiger partial charge in [-0.2, -0.15) is 0 Å². The molecule has 1 saturated heterocycles. The van der Waals surface area contributed by atoms with Crippen molar-refractivity contribution in [1.29, 1.82) is 0 Å². The summed E-state index contributed by atoms with van der Waals surface area (Å²) < 4.78 is 29.6. The maximum Gasteiger partial charge on any atom is 0.341 e. The van der Waals surface area contributed by atoms with E-state index in [0.717, 1.165) is 20.3 Å². The third-order valence-electron chi connectivity index (χ3n) is 7.15. The van der Waals surface area contributed by atoms with Gasteiger partial charge in [0.2, 0.25) is 5.91 Å². The van der Waals surface area contributed by atoms with Gasteiger partial charge < -0.3 is 0 Å². The number of carbonyl (C=O) groups excluding carboxylic acids is 2. The molecule has 6 nitrogen and oxygen atoms in total. The molecular formula is C29H40N2O4S. The number of nitrogens with zero attached hydrogens (tertiary/aromatic N) is 2. The van der Waals surface area contributed by atoms with Crippen LogP contribution in [0.1, 0.15) is 108 Å². The molecule has 2 aromatic rings. The molecule has 0 saturated carbocycles.